The Balaban J connectivity index is 1.29. The zero-order valence-electron chi connectivity index (χ0n) is 17.9. The van der Waals surface area contributed by atoms with E-state index in [4.69, 9.17) is 0 Å². The number of aryl methyl sites for hydroxylation is 3. The Morgan fingerprint density at radius 3 is 2.58 bits per heavy atom. The summed E-state index contributed by atoms with van der Waals surface area (Å²) in [4.78, 5) is 16.4. The van der Waals surface area contributed by atoms with Gasteiger partial charge in [-0.1, -0.05) is 0 Å². The first kappa shape index (κ1) is 22.3. The maximum absolute atomic E-state index is 12.7. The molecule has 1 saturated carbocycles. The highest BCUT2D eigenvalue weighted by Gasteiger charge is 2.42. The molecular formula is C21H28F3N5OS. The van der Waals surface area contributed by atoms with Crippen LogP contribution in [0.15, 0.2) is 12.1 Å². The van der Waals surface area contributed by atoms with Crippen molar-refractivity contribution in [3.8, 4) is 0 Å². The first-order chi connectivity index (χ1) is 14.6. The van der Waals surface area contributed by atoms with Crippen molar-refractivity contribution in [1.82, 2.24) is 20.0 Å². The zero-order valence-corrected chi connectivity index (χ0v) is 18.7. The van der Waals surface area contributed by atoms with Crippen molar-refractivity contribution in [2.24, 2.45) is 7.05 Å². The third-order valence-electron chi connectivity index (χ3n) is 6.02. The average molecular weight is 456 g/mol. The largest absolute Gasteiger partial charge is 0.401 e. The number of aromatic nitrogens is 2. The van der Waals surface area contributed by atoms with Crippen molar-refractivity contribution in [3.63, 3.8) is 0 Å². The van der Waals surface area contributed by atoms with Crippen LogP contribution in [0.5, 0.6) is 0 Å². The third-order valence-corrected chi connectivity index (χ3v) is 7.20. The van der Waals surface area contributed by atoms with Crippen LogP contribution in [0.2, 0.25) is 0 Å². The van der Waals surface area contributed by atoms with Crippen LogP contribution in [0.3, 0.4) is 0 Å². The SMILES string of the molecule is Cc1cc(NC(=O)c2cc(C3CC3NC3CCN(CC(F)(F)F)CC3)sc2C)n(C)n1. The molecule has 1 aliphatic carbocycles. The molecule has 2 aromatic heterocycles. The summed E-state index contributed by atoms with van der Waals surface area (Å²) in [5, 5.41) is 10.8. The molecule has 0 spiro atoms. The number of piperidine rings is 1. The van der Waals surface area contributed by atoms with Crippen LogP contribution in [0, 0.1) is 13.8 Å². The van der Waals surface area contributed by atoms with Gasteiger partial charge in [-0.15, -0.1) is 11.3 Å². The van der Waals surface area contributed by atoms with Crippen LogP contribution >= 0.6 is 11.3 Å². The Morgan fingerprint density at radius 1 is 1.26 bits per heavy atom. The molecule has 170 valence electrons. The molecule has 3 heterocycles. The van der Waals surface area contributed by atoms with E-state index in [1.165, 1.54) is 9.78 Å². The maximum Gasteiger partial charge on any atom is 0.401 e. The van der Waals surface area contributed by atoms with E-state index in [9.17, 15) is 18.0 Å². The van der Waals surface area contributed by atoms with Gasteiger partial charge in [0.25, 0.3) is 5.91 Å². The molecule has 2 unspecified atom stereocenters. The number of alkyl halides is 3. The molecule has 2 aromatic rings. The second-order valence-electron chi connectivity index (χ2n) is 8.65. The number of thiophene rings is 1. The second kappa shape index (κ2) is 8.55. The number of rotatable bonds is 6. The van der Waals surface area contributed by atoms with Gasteiger partial charge in [-0.2, -0.15) is 18.3 Å². The van der Waals surface area contributed by atoms with Gasteiger partial charge in [-0.05, 0) is 52.3 Å². The fourth-order valence-electron chi connectivity index (χ4n) is 4.33. The fraction of sp³-hybridized carbons (Fsp3) is 0.619. The molecule has 0 aromatic carbocycles. The quantitative estimate of drug-likeness (QED) is 0.695. The smallest absolute Gasteiger partial charge is 0.310 e. The van der Waals surface area contributed by atoms with Gasteiger partial charge in [-0.3, -0.25) is 14.4 Å². The number of carbonyl (C=O) groups is 1. The van der Waals surface area contributed by atoms with Crippen molar-refractivity contribution >= 4 is 23.1 Å². The lowest BCUT2D eigenvalue weighted by Gasteiger charge is -2.33. The number of nitrogens with zero attached hydrogens (tertiary/aromatic N) is 3. The van der Waals surface area contributed by atoms with Crippen LogP contribution in [0.4, 0.5) is 19.0 Å². The van der Waals surface area contributed by atoms with Crippen molar-refractivity contribution in [2.45, 2.75) is 57.3 Å². The molecule has 4 rings (SSSR count). The van der Waals surface area contributed by atoms with E-state index in [1.807, 2.05) is 26.0 Å². The molecule has 2 fully saturated rings. The lowest BCUT2D eigenvalue weighted by molar-refractivity contribution is -0.148. The predicted molar refractivity (Wildman–Crippen MR) is 115 cm³/mol. The summed E-state index contributed by atoms with van der Waals surface area (Å²) in [5.41, 5.74) is 1.53. The molecule has 0 bridgehead atoms. The maximum atomic E-state index is 12.7. The lowest BCUT2D eigenvalue weighted by Crippen LogP contribution is -2.46. The predicted octanol–water partition coefficient (Wildman–Crippen LogP) is 3.82. The average Bonchev–Trinajstić information content (AvgIpc) is 3.20. The molecule has 0 radical (unpaired) electrons. The van der Waals surface area contributed by atoms with Crippen molar-refractivity contribution in [1.29, 1.82) is 0 Å². The van der Waals surface area contributed by atoms with E-state index < -0.39 is 12.7 Å². The van der Waals surface area contributed by atoms with Gasteiger partial charge in [0.2, 0.25) is 0 Å². The molecule has 2 aliphatic rings. The zero-order chi connectivity index (χ0) is 22.3. The summed E-state index contributed by atoms with van der Waals surface area (Å²) in [6, 6.07) is 4.42. The van der Waals surface area contributed by atoms with Crippen molar-refractivity contribution < 1.29 is 18.0 Å². The number of amides is 1. The minimum absolute atomic E-state index is 0.134. The Hall–Kier alpha value is -1.91. The number of halogens is 3. The molecular weight excluding hydrogens is 427 g/mol. The molecule has 2 N–H and O–H groups in total. The van der Waals surface area contributed by atoms with Gasteiger partial charge in [0.05, 0.1) is 17.8 Å². The van der Waals surface area contributed by atoms with Crippen molar-refractivity contribution in [2.75, 3.05) is 25.0 Å². The van der Waals surface area contributed by atoms with Crippen LogP contribution < -0.4 is 10.6 Å². The van der Waals surface area contributed by atoms with Gasteiger partial charge in [0.1, 0.15) is 5.82 Å². The van der Waals surface area contributed by atoms with Crippen molar-refractivity contribution in [3.05, 3.63) is 33.1 Å². The second-order valence-corrected chi connectivity index (χ2v) is 9.94. The highest BCUT2D eigenvalue weighted by Crippen LogP contribution is 2.45. The molecule has 1 amide bonds. The first-order valence-electron chi connectivity index (χ1n) is 10.6. The summed E-state index contributed by atoms with van der Waals surface area (Å²) < 4.78 is 39.3. The molecule has 1 aliphatic heterocycles. The van der Waals surface area contributed by atoms with E-state index in [0.717, 1.165) is 29.8 Å². The van der Waals surface area contributed by atoms with Crippen LogP contribution in [0.25, 0.3) is 0 Å². The van der Waals surface area contributed by atoms with Crippen LogP contribution in [0.1, 0.15) is 51.0 Å². The van der Waals surface area contributed by atoms with Crippen LogP contribution in [-0.2, 0) is 7.05 Å². The van der Waals surface area contributed by atoms with E-state index in [-0.39, 0.29) is 11.9 Å². The number of carbonyl (C=O) groups excluding carboxylic acids is 1. The minimum atomic E-state index is -4.13. The normalized spacial score (nSPS) is 22.6. The topological polar surface area (TPSA) is 62.2 Å². The van der Waals surface area contributed by atoms with Gasteiger partial charge >= 0.3 is 6.18 Å². The Morgan fingerprint density at radius 2 is 1.97 bits per heavy atom. The van der Waals surface area contributed by atoms with Gasteiger partial charge in [-0.25, -0.2) is 0 Å². The standard InChI is InChI=1S/C21H28F3N5OS/c1-12-8-19(28(3)27-12)26-20(30)15-10-18(31-13(15)2)16-9-17(16)25-14-4-6-29(7-5-14)11-21(22,23)24/h8,10,14,16-17,25H,4-7,9,11H2,1-3H3,(H,26,30). The monoisotopic (exact) mass is 455 g/mol. The number of likely N-dealkylation sites (tertiary alicyclic amines) is 1. The molecule has 31 heavy (non-hydrogen) atoms. The van der Waals surface area contributed by atoms with E-state index in [1.54, 1.807) is 23.1 Å². The van der Waals surface area contributed by atoms with E-state index in [2.05, 4.69) is 15.7 Å². The van der Waals surface area contributed by atoms with E-state index >= 15 is 0 Å². The summed E-state index contributed by atoms with van der Waals surface area (Å²) in [6.45, 7) is 3.97. The number of anilines is 1. The van der Waals surface area contributed by atoms with Gasteiger partial charge in [0.15, 0.2) is 0 Å². The summed E-state index contributed by atoms with van der Waals surface area (Å²) in [6.07, 6.45) is -1.65. The van der Waals surface area contributed by atoms with Crippen LogP contribution in [-0.4, -0.2) is 58.5 Å². The number of nitrogens with one attached hydrogen (secondary N) is 2. The first-order valence-corrected chi connectivity index (χ1v) is 11.4. The lowest BCUT2D eigenvalue weighted by atomic mass is 10.0. The minimum Gasteiger partial charge on any atom is -0.310 e. The molecule has 6 nitrogen and oxygen atoms in total. The summed E-state index contributed by atoms with van der Waals surface area (Å²) >= 11 is 1.65. The van der Waals surface area contributed by atoms with Gasteiger partial charge in [0, 0.05) is 40.9 Å². The molecule has 2 atom stereocenters. The van der Waals surface area contributed by atoms with E-state index in [0.29, 0.717) is 36.4 Å². The fourth-order valence-corrected chi connectivity index (χ4v) is 5.54. The highest BCUT2D eigenvalue weighted by molar-refractivity contribution is 7.12. The highest BCUT2D eigenvalue weighted by atomic mass is 32.1. The summed E-state index contributed by atoms with van der Waals surface area (Å²) in [5.74, 6) is 0.903. The number of hydrogen-bond donors (Lipinski definition) is 2. The number of hydrogen-bond acceptors (Lipinski definition) is 5. The molecule has 10 heteroatoms. The Labute approximate surface area is 183 Å². The van der Waals surface area contributed by atoms with Gasteiger partial charge < -0.3 is 10.6 Å². The Kier molecular flexibility index (Phi) is 6.15. The summed E-state index contributed by atoms with van der Waals surface area (Å²) in [7, 11) is 1.79. The molecule has 1 saturated heterocycles. The third kappa shape index (κ3) is 5.48. The Bertz CT molecular complexity index is 945.